The number of ether oxygens (including phenoxy) is 1. The van der Waals surface area contributed by atoms with Gasteiger partial charge in [0.15, 0.2) is 5.82 Å². The molecule has 0 aliphatic carbocycles. The summed E-state index contributed by atoms with van der Waals surface area (Å²) in [5.74, 6) is -0.120. The van der Waals surface area contributed by atoms with Gasteiger partial charge in [0.1, 0.15) is 16.8 Å². The number of piperidine rings is 3. The van der Waals surface area contributed by atoms with E-state index in [0.717, 1.165) is 107 Å². The molecule has 1 unspecified atom stereocenters. The normalized spacial score (nSPS) is 20.2. The number of methoxy groups -OCH3 is 1. The van der Waals surface area contributed by atoms with Crippen LogP contribution in [0.3, 0.4) is 0 Å². The highest BCUT2D eigenvalue weighted by molar-refractivity contribution is 7.92. The number of piperazine rings is 1. The van der Waals surface area contributed by atoms with Crippen molar-refractivity contribution in [3.05, 3.63) is 83.0 Å². The molecule has 3 aromatic carbocycles. The molecule has 0 bridgehead atoms. The summed E-state index contributed by atoms with van der Waals surface area (Å²) < 4.78 is 31.6. The zero-order valence-electron chi connectivity index (χ0n) is 37.9. The summed E-state index contributed by atoms with van der Waals surface area (Å²) in [6, 6.07) is 18.0. The second-order valence-electron chi connectivity index (χ2n) is 17.9. The Morgan fingerprint density at radius 3 is 2.18 bits per heavy atom. The van der Waals surface area contributed by atoms with E-state index in [-0.39, 0.29) is 29.7 Å². The van der Waals surface area contributed by atoms with Crippen molar-refractivity contribution in [2.24, 2.45) is 5.92 Å². The van der Waals surface area contributed by atoms with Crippen molar-refractivity contribution in [3.63, 3.8) is 0 Å². The second-order valence-corrected chi connectivity index (χ2v) is 20.4. The number of halogens is 1. The predicted octanol–water partition coefficient (Wildman–Crippen LogP) is 4.93. The van der Waals surface area contributed by atoms with Crippen LogP contribution in [0.1, 0.15) is 59.2 Å². The number of sulfonamides is 1. The number of rotatable bonds is 13. The number of benzene rings is 3. The maximum atomic E-state index is 13.4. The molecule has 5 aliphatic rings. The average molecular weight is 955 g/mol. The predicted molar refractivity (Wildman–Crippen MR) is 258 cm³/mol. The molecule has 1 aromatic heterocycles. The molecular formula is C47H56ClN11O7S. The lowest BCUT2D eigenvalue weighted by Crippen LogP contribution is -2.54. The summed E-state index contributed by atoms with van der Waals surface area (Å²) in [6.07, 6.45) is 7.11. The molecule has 6 heterocycles. The summed E-state index contributed by atoms with van der Waals surface area (Å²) in [4.78, 5) is 70.7. The fourth-order valence-corrected chi connectivity index (χ4v) is 10.6. The summed E-state index contributed by atoms with van der Waals surface area (Å²) in [5, 5.41) is 8.95. The zero-order valence-corrected chi connectivity index (χ0v) is 39.5. The van der Waals surface area contributed by atoms with Crippen LogP contribution in [0.25, 0.3) is 0 Å². The van der Waals surface area contributed by atoms with Crippen LogP contribution < -0.4 is 34.8 Å². The maximum Gasteiger partial charge on any atom is 0.262 e. The van der Waals surface area contributed by atoms with Crippen molar-refractivity contribution < 1.29 is 32.3 Å². The first-order valence-electron chi connectivity index (χ1n) is 22.8. The quantitative estimate of drug-likeness (QED) is 0.153. The Labute approximate surface area is 395 Å². The first kappa shape index (κ1) is 46.1. The van der Waals surface area contributed by atoms with Gasteiger partial charge in [-0.3, -0.25) is 38.6 Å². The van der Waals surface area contributed by atoms with E-state index in [9.17, 15) is 27.6 Å². The topological polar surface area (TPSA) is 193 Å². The Balaban J connectivity index is 0.727. The molecular weight excluding hydrogens is 898 g/mol. The highest BCUT2D eigenvalue weighted by Crippen LogP contribution is 2.37. The molecule has 18 nitrogen and oxygen atoms in total. The van der Waals surface area contributed by atoms with Crippen LogP contribution in [0.2, 0.25) is 5.02 Å². The van der Waals surface area contributed by atoms with E-state index in [1.807, 2.05) is 18.2 Å². The van der Waals surface area contributed by atoms with Crippen LogP contribution in [0.15, 0.2) is 66.9 Å². The van der Waals surface area contributed by atoms with Gasteiger partial charge in [-0.25, -0.2) is 13.4 Å². The third-order valence-electron chi connectivity index (χ3n) is 13.8. The highest BCUT2D eigenvalue weighted by Gasteiger charge is 2.45. The largest absolute Gasteiger partial charge is 0.494 e. The molecule has 4 fully saturated rings. The lowest BCUT2D eigenvalue weighted by Gasteiger charge is -2.44. The third-order valence-corrected chi connectivity index (χ3v) is 15.3. The summed E-state index contributed by atoms with van der Waals surface area (Å²) in [5.41, 5.74) is 4.26. The van der Waals surface area contributed by atoms with Crippen molar-refractivity contribution in [1.29, 1.82) is 0 Å². The highest BCUT2D eigenvalue weighted by atomic mass is 35.5. The van der Waals surface area contributed by atoms with Crippen molar-refractivity contribution in [2.75, 3.05) is 104 Å². The Morgan fingerprint density at radius 1 is 0.806 bits per heavy atom. The van der Waals surface area contributed by atoms with E-state index < -0.39 is 33.8 Å². The number of hydrogen-bond donors (Lipinski definition) is 3. The van der Waals surface area contributed by atoms with Crippen molar-refractivity contribution in [1.82, 2.24) is 30.0 Å². The fraction of sp³-hybridized carbons (Fsp3) is 0.447. The van der Waals surface area contributed by atoms with E-state index in [1.54, 1.807) is 43.5 Å². The molecule has 4 saturated heterocycles. The van der Waals surface area contributed by atoms with Gasteiger partial charge in [-0.15, -0.1) is 0 Å². The number of nitrogens with zero attached hydrogens (tertiary/aromatic N) is 8. The minimum atomic E-state index is -3.51. The van der Waals surface area contributed by atoms with Gasteiger partial charge in [0.2, 0.25) is 27.8 Å². The van der Waals surface area contributed by atoms with Crippen LogP contribution in [0.4, 0.5) is 40.2 Å². The van der Waals surface area contributed by atoms with E-state index in [2.05, 4.69) is 51.6 Å². The van der Waals surface area contributed by atoms with E-state index in [4.69, 9.17) is 16.3 Å². The van der Waals surface area contributed by atoms with Gasteiger partial charge < -0.3 is 30.1 Å². The minimum Gasteiger partial charge on any atom is -0.494 e. The minimum absolute atomic E-state index is 0.0942. The summed E-state index contributed by atoms with van der Waals surface area (Å²) >= 11 is 6.49. The van der Waals surface area contributed by atoms with Crippen LogP contribution in [-0.2, 0) is 19.6 Å². The molecule has 0 radical (unpaired) electrons. The fourth-order valence-electron chi connectivity index (χ4n) is 9.97. The van der Waals surface area contributed by atoms with Gasteiger partial charge in [0, 0.05) is 95.9 Å². The molecule has 4 aromatic rings. The molecule has 4 amide bonds. The van der Waals surface area contributed by atoms with Gasteiger partial charge in [-0.1, -0.05) is 23.7 Å². The average Bonchev–Trinajstić information content (AvgIpc) is 3.57. The third kappa shape index (κ3) is 9.86. The lowest BCUT2D eigenvalue weighted by atomic mass is 9.95. The molecule has 67 heavy (non-hydrogen) atoms. The Hall–Kier alpha value is -6.02. The number of fused-ring (bicyclic) bond motifs is 1. The maximum absolute atomic E-state index is 13.4. The monoisotopic (exact) mass is 953 g/mol. The van der Waals surface area contributed by atoms with Crippen LogP contribution >= 0.6 is 11.6 Å². The van der Waals surface area contributed by atoms with Crippen LogP contribution in [0, 0.1) is 5.92 Å². The number of para-hydroxylation sites is 2. The number of carbonyl (C=O) groups excluding carboxylic acids is 4. The number of nitrogens with one attached hydrogen (secondary N) is 3. The SMILES string of the molecule is COc1cc(N2CCC(N3CCN(CC4CCN(c5ccc6c(c5)C(=O)N(C5CCC(=O)NC5=O)C6=O)CC4)CC3)CC2)ccc1Nc1ncc(Cl)c(Nc2ccccc2N(C)S(C)(=O)=O)n1. The smallest absolute Gasteiger partial charge is 0.262 e. The van der Waals surface area contributed by atoms with Gasteiger partial charge in [-0.2, -0.15) is 4.98 Å². The number of amides is 4. The van der Waals surface area contributed by atoms with Gasteiger partial charge in [0.05, 0.1) is 47.8 Å². The number of imide groups is 2. The number of carbonyl (C=O) groups is 4. The van der Waals surface area contributed by atoms with E-state index in [0.29, 0.717) is 51.7 Å². The zero-order chi connectivity index (χ0) is 47.0. The van der Waals surface area contributed by atoms with Gasteiger partial charge in [0.25, 0.3) is 11.8 Å². The van der Waals surface area contributed by atoms with Crippen molar-refractivity contribution in [2.45, 2.75) is 50.6 Å². The molecule has 0 saturated carbocycles. The lowest BCUT2D eigenvalue weighted by molar-refractivity contribution is -0.136. The summed E-state index contributed by atoms with van der Waals surface area (Å²) in [7, 11) is -0.384. The first-order chi connectivity index (χ1) is 32.2. The molecule has 20 heteroatoms. The Kier molecular flexibility index (Phi) is 13.3. The van der Waals surface area contributed by atoms with Crippen molar-refractivity contribution >= 4 is 85.5 Å². The molecule has 1 atom stereocenters. The van der Waals surface area contributed by atoms with Gasteiger partial charge in [-0.05, 0) is 80.5 Å². The van der Waals surface area contributed by atoms with E-state index >= 15 is 0 Å². The Bertz CT molecular complexity index is 2670. The molecule has 9 rings (SSSR count). The van der Waals surface area contributed by atoms with Crippen molar-refractivity contribution in [3.8, 4) is 5.75 Å². The van der Waals surface area contributed by atoms with Crippen LogP contribution in [0.5, 0.6) is 5.75 Å². The molecule has 354 valence electrons. The number of hydrogen-bond acceptors (Lipinski definition) is 15. The van der Waals surface area contributed by atoms with Crippen LogP contribution in [-0.4, -0.2) is 148 Å². The standard InChI is InChI=1S/C47H56ClN11O7S/c1-54(67(3,64)65)39-7-5-4-6-37(39)50-43-36(48)28-49-47(53-43)51-38-11-9-33(27-41(38)66-2)57-20-16-31(17-21-57)58-24-22-55(23-25-58)29-30-14-18-56(19-15-30)32-8-10-34-35(26-32)46(63)59(45(34)62)40-12-13-42(60)52-44(40)61/h4-11,26-28,30-31,40H,12-25,29H2,1-3H3,(H,52,60,61)(H2,49,50,51,53). The number of aromatic nitrogens is 2. The van der Waals surface area contributed by atoms with Gasteiger partial charge >= 0.3 is 0 Å². The first-order valence-corrected chi connectivity index (χ1v) is 25.1. The molecule has 0 spiro atoms. The number of anilines is 7. The molecule has 3 N–H and O–H groups in total. The summed E-state index contributed by atoms with van der Waals surface area (Å²) in [6.45, 7) is 8.93. The molecule has 5 aliphatic heterocycles. The second kappa shape index (κ2) is 19.3. The van der Waals surface area contributed by atoms with E-state index in [1.165, 1.54) is 17.5 Å². The Morgan fingerprint density at radius 2 is 1.48 bits per heavy atom.